The quantitative estimate of drug-likeness (QED) is 0.694. The van der Waals surface area contributed by atoms with Gasteiger partial charge in [0.2, 0.25) is 5.91 Å². The van der Waals surface area contributed by atoms with Crippen LogP contribution in [0.15, 0.2) is 65.6 Å². The van der Waals surface area contributed by atoms with Crippen LogP contribution in [-0.2, 0) is 4.79 Å². The zero-order valence-corrected chi connectivity index (χ0v) is 13.8. The van der Waals surface area contributed by atoms with Crippen molar-refractivity contribution in [3.05, 3.63) is 66.4 Å². The molecule has 0 bridgehead atoms. The summed E-state index contributed by atoms with van der Waals surface area (Å²) < 4.78 is 0. The maximum absolute atomic E-state index is 12.2. The summed E-state index contributed by atoms with van der Waals surface area (Å²) in [4.78, 5) is 17.8. The molecule has 1 amide bonds. The standard InChI is InChI=1S/C19H18N2OS/c1-14-10-11-16-17(20-14)8-5-9-18(16)21-19(22)12-13-23-15-6-3-2-4-7-15/h2-11H,12-13H2,1H3,(H,21,22). The molecule has 1 aromatic heterocycles. The molecule has 0 aliphatic rings. The van der Waals surface area contributed by atoms with Crippen molar-refractivity contribution in [1.82, 2.24) is 4.98 Å². The van der Waals surface area contributed by atoms with E-state index in [1.165, 1.54) is 4.90 Å². The lowest BCUT2D eigenvalue weighted by Gasteiger charge is -2.09. The molecule has 23 heavy (non-hydrogen) atoms. The summed E-state index contributed by atoms with van der Waals surface area (Å²) in [5, 5.41) is 3.97. The van der Waals surface area contributed by atoms with E-state index >= 15 is 0 Å². The van der Waals surface area contributed by atoms with Crippen LogP contribution in [0.5, 0.6) is 0 Å². The maximum Gasteiger partial charge on any atom is 0.225 e. The number of aryl methyl sites for hydroxylation is 1. The topological polar surface area (TPSA) is 42.0 Å². The molecule has 3 nitrogen and oxygen atoms in total. The highest BCUT2D eigenvalue weighted by Crippen LogP contribution is 2.23. The molecule has 0 spiro atoms. The van der Waals surface area contributed by atoms with Gasteiger partial charge in [0.25, 0.3) is 0 Å². The van der Waals surface area contributed by atoms with Crippen LogP contribution < -0.4 is 5.32 Å². The number of nitrogens with one attached hydrogen (secondary N) is 1. The molecule has 3 aromatic rings. The van der Waals surface area contributed by atoms with Crippen molar-refractivity contribution in [1.29, 1.82) is 0 Å². The van der Waals surface area contributed by atoms with Crippen molar-refractivity contribution in [2.24, 2.45) is 0 Å². The highest BCUT2D eigenvalue weighted by Gasteiger charge is 2.07. The Labute approximate surface area is 140 Å². The first-order chi connectivity index (χ1) is 11.2. The highest BCUT2D eigenvalue weighted by atomic mass is 32.2. The molecule has 1 N–H and O–H groups in total. The van der Waals surface area contributed by atoms with Crippen LogP contribution in [-0.4, -0.2) is 16.6 Å². The molecule has 0 atom stereocenters. The Morgan fingerprint density at radius 2 is 1.87 bits per heavy atom. The van der Waals surface area contributed by atoms with Crippen molar-refractivity contribution in [3.8, 4) is 0 Å². The summed E-state index contributed by atoms with van der Waals surface area (Å²) >= 11 is 1.69. The van der Waals surface area contributed by atoms with Crippen LogP contribution in [0.25, 0.3) is 10.9 Å². The monoisotopic (exact) mass is 322 g/mol. The van der Waals surface area contributed by atoms with Gasteiger partial charge >= 0.3 is 0 Å². The fourth-order valence-electron chi connectivity index (χ4n) is 2.36. The zero-order valence-electron chi connectivity index (χ0n) is 13.0. The van der Waals surface area contributed by atoms with E-state index in [1.54, 1.807) is 11.8 Å². The van der Waals surface area contributed by atoms with E-state index in [-0.39, 0.29) is 5.91 Å². The molecular formula is C19H18N2OS. The third kappa shape index (κ3) is 4.11. The van der Waals surface area contributed by atoms with Gasteiger partial charge in [-0.15, -0.1) is 11.8 Å². The normalized spacial score (nSPS) is 10.7. The number of carbonyl (C=O) groups excluding carboxylic acids is 1. The summed E-state index contributed by atoms with van der Waals surface area (Å²) in [5.41, 5.74) is 2.70. The van der Waals surface area contributed by atoms with Gasteiger partial charge in [-0.05, 0) is 43.3 Å². The van der Waals surface area contributed by atoms with Crippen LogP contribution >= 0.6 is 11.8 Å². The van der Waals surface area contributed by atoms with E-state index in [9.17, 15) is 4.79 Å². The molecule has 0 aliphatic carbocycles. The van der Waals surface area contributed by atoms with Crippen molar-refractivity contribution in [3.63, 3.8) is 0 Å². The minimum atomic E-state index is 0.0292. The third-order valence-electron chi connectivity index (χ3n) is 3.49. The predicted molar refractivity (Wildman–Crippen MR) is 96.9 cm³/mol. The maximum atomic E-state index is 12.2. The molecule has 4 heteroatoms. The smallest absolute Gasteiger partial charge is 0.225 e. The van der Waals surface area contributed by atoms with Crippen LogP contribution in [0.2, 0.25) is 0 Å². The van der Waals surface area contributed by atoms with Crippen molar-refractivity contribution >= 4 is 34.3 Å². The van der Waals surface area contributed by atoms with E-state index in [1.807, 2.05) is 55.5 Å². The minimum absolute atomic E-state index is 0.0292. The van der Waals surface area contributed by atoms with Crippen molar-refractivity contribution in [2.45, 2.75) is 18.2 Å². The summed E-state index contributed by atoms with van der Waals surface area (Å²) in [7, 11) is 0. The van der Waals surface area contributed by atoms with Crippen LogP contribution in [0.4, 0.5) is 5.69 Å². The zero-order chi connectivity index (χ0) is 16.1. The highest BCUT2D eigenvalue weighted by molar-refractivity contribution is 7.99. The summed E-state index contributed by atoms with van der Waals surface area (Å²) in [6.45, 7) is 1.96. The summed E-state index contributed by atoms with van der Waals surface area (Å²) in [6.07, 6.45) is 0.481. The molecule has 0 aliphatic heterocycles. The predicted octanol–water partition coefficient (Wildman–Crippen LogP) is 4.66. The first kappa shape index (κ1) is 15.6. The minimum Gasteiger partial charge on any atom is -0.325 e. The molecule has 1 heterocycles. The molecule has 116 valence electrons. The largest absolute Gasteiger partial charge is 0.325 e. The Hall–Kier alpha value is -2.33. The number of fused-ring (bicyclic) bond motifs is 1. The van der Waals surface area contributed by atoms with Gasteiger partial charge in [0.05, 0.1) is 11.2 Å². The van der Waals surface area contributed by atoms with E-state index in [2.05, 4.69) is 22.4 Å². The van der Waals surface area contributed by atoms with E-state index < -0.39 is 0 Å². The van der Waals surface area contributed by atoms with Gasteiger partial charge in [-0.2, -0.15) is 0 Å². The fourth-order valence-corrected chi connectivity index (χ4v) is 3.23. The Morgan fingerprint density at radius 3 is 2.70 bits per heavy atom. The number of rotatable bonds is 5. The second kappa shape index (κ2) is 7.29. The number of amides is 1. The lowest BCUT2D eigenvalue weighted by Crippen LogP contribution is -2.12. The molecule has 2 aromatic carbocycles. The van der Waals surface area contributed by atoms with Gasteiger partial charge in [0, 0.05) is 28.1 Å². The second-order valence-electron chi connectivity index (χ2n) is 5.28. The molecule has 0 fully saturated rings. The molecule has 0 radical (unpaired) electrons. The Balaban J connectivity index is 1.62. The molecule has 0 saturated heterocycles. The Morgan fingerprint density at radius 1 is 1.04 bits per heavy atom. The molecule has 0 saturated carbocycles. The van der Waals surface area contributed by atoms with Gasteiger partial charge in [0.15, 0.2) is 0 Å². The lowest BCUT2D eigenvalue weighted by atomic mass is 10.1. The van der Waals surface area contributed by atoms with Gasteiger partial charge in [0.1, 0.15) is 0 Å². The summed E-state index contributed by atoms with van der Waals surface area (Å²) in [5.74, 6) is 0.791. The van der Waals surface area contributed by atoms with Gasteiger partial charge < -0.3 is 5.32 Å². The Bertz CT molecular complexity index is 818. The number of nitrogens with zero attached hydrogens (tertiary/aromatic N) is 1. The van der Waals surface area contributed by atoms with Crippen LogP contribution in [0.1, 0.15) is 12.1 Å². The molecule has 3 rings (SSSR count). The second-order valence-corrected chi connectivity index (χ2v) is 6.45. The number of pyridine rings is 1. The Kier molecular flexibility index (Phi) is 4.93. The summed E-state index contributed by atoms with van der Waals surface area (Å²) in [6, 6.07) is 19.9. The van der Waals surface area contributed by atoms with Crippen LogP contribution in [0.3, 0.4) is 0 Å². The lowest BCUT2D eigenvalue weighted by molar-refractivity contribution is -0.115. The number of benzene rings is 2. The van der Waals surface area contributed by atoms with Crippen LogP contribution in [0, 0.1) is 6.92 Å². The van der Waals surface area contributed by atoms with Gasteiger partial charge in [-0.1, -0.05) is 24.3 Å². The number of anilines is 1. The first-order valence-electron chi connectivity index (χ1n) is 7.56. The SMILES string of the molecule is Cc1ccc2c(NC(=O)CCSc3ccccc3)cccc2n1. The number of carbonyl (C=O) groups is 1. The van der Waals surface area contributed by atoms with E-state index in [0.29, 0.717) is 6.42 Å². The molecule has 0 unspecified atom stereocenters. The van der Waals surface area contributed by atoms with Crippen molar-refractivity contribution < 1.29 is 4.79 Å². The number of thioether (sulfide) groups is 1. The average Bonchev–Trinajstić information content (AvgIpc) is 2.56. The number of hydrogen-bond donors (Lipinski definition) is 1. The van der Waals surface area contributed by atoms with Gasteiger partial charge in [-0.25, -0.2) is 0 Å². The van der Waals surface area contributed by atoms with Gasteiger partial charge in [-0.3, -0.25) is 9.78 Å². The number of hydrogen-bond acceptors (Lipinski definition) is 3. The molecular weight excluding hydrogens is 304 g/mol. The first-order valence-corrected chi connectivity index (χ1v) is 8.55. The third-order valence-corrected chi connectivity index (χ3v) is 4.50. The van der Waals surface area contributed by atoms with E-state index in [0.717, 1.165) is 28.0 Å². The fraction of sp³-hybridized carbons (Fsp3) is 0.158. The number of aromatic nitrogens is 1. The average molecular weight is 322 g/mol. The van der Waals surface area contributed by atoms with E-state index in [4.69, 9.17) is 0 Å². The van der Waals surface area contributed by atoms with Crippen molar-refractivity contribution in [2.75, 3.05) is 11.1 Å².